The Labute approximate surface area is 193 Å². The molecule has 1 aromatic heterocycles. The standard InChI is InChI=1S/C26H32O7/c1-14-10-11-19(27)24-20(32-26(4,5)33-24)9-7-8-17-18-13-22(29-6)31-21(18)12-15(2)23(17)25(28)30-16(14)3/h7-8,10-14,16,19-20,24,27H,9H2,1-6H3/b8-7?,11-10-/t14-,16+,19?,20+,24-/m1/s1. The predicted molar refractivity (Wildman–Crippen MR) is 124 cm³/mol. The third-order valence-corrected chi connectivity index (χ3v) is 6.30. The lowest BCUT2D eigenvalue weighted by Crippen LogP contribution is -2.34. The van der Waals surface area contributed by atoms with Gasteiger partial charge in [-0.15, -0.1) is 0 Å². The number of ether oxygens (including phenoxy) is 4. The highest BCUT2D eigenvalue weighted by molar-refractivity contribution is 6.03. The van der Waals surface area contributed by atoms with E-state index in [1.807, 2.05) is 58.9 Å². The fourth-order valence-electron chi connectivity index (χ4n) is 4.41. The lowest BCUT2D eigenvalue weighted by molar-refractivity contribution is -0.152. The van der Waals surface area contributed by atoms with Crippen molar-refractivity contribution in [2.24, 2.45) is 5.92 Å². The van der Waals surface area contributed by atoms with Crippen LogP contribution in [-0.4, -0.2) is 48.4 Å². The molecule has 178 valence electrons. The van der Waals surface area contributed by atoms with Crippen LogP contribution in [-0.2, 0) is 14.2 Å². The number of hydrogen-bond donors (Lipinski definition) is 1. The number of methoxy groups -OCH3 is 1. The van der Waals surface area contributed by atoms with Crippen molar-refractivity contribution in [1.82, 2.24) is 0 Å². The summed E-state index contributed by atoms with van der Waals surface area (Å²) in [6, 6.07) is 3.60. The molecule has 33 heavy (non-hydrogen) atoms. The molecule has 1 unspecified atom stereocenters. The minimum absolute atomic E-state index is 0.114. The minimum Gasteiger partial charge on any atom is -0.468 e. The van der Waals surface area contributed by atoms with Crippen LogP contribution in [0.15, 0.2) is 34.8 Å². The summed E-state index contributed by atoms with van der Waals surface area (Å²) >= 11 is 0. The molecule has 7 heteroatoms. The molecule has 0 bridgehead atoms. The molecule has 0 saturated carbocycles. The molecule has 3 heterocycles. The lowest BCUT2D eigenvalue weighted by Gasteiger charge is -2.22. The summed E-state index contributed by atoms with van der Waals surface area (Å²) in [5.41, 5.74) is 2.56. The summed E-state index contributed by atoms with van der Waals surface area (Å²) in [4.78, 5) is 13.3. The average Bonchev–Trinajstić information content (AvgIpc) is 3.30. The Kier molecular flexibility index (Phi) is 6.40. The average molecular weight is 457 g/mol. The summed E-state index contributed by atoms with van der Waals surface area (Å²) in [6.45, 7) is 9.33. The van der Waals surface area contributed by atoms with Gasteiger partial charge in [-0.25, -0.2) is 4.79 Å². The molecule has 2 aliphatic heterocycles. The fourth-order valence-corrected chi connectivity index (χ4v) is 4.41. The normalized spacial score (nSPS) is 30.9. The molecule has 1 saturated heterocycles. The Morgan fingerprint density at radius 2 is 1.91 bits per heavy atom. The van der Waals surface area contributed by atoms with E-state index in [1.165, 1.54) is 7.11 Å². The maximum Gasteiger partial charge on any atom is 0.339 e. The van der Waals surface area contributed by atoms with Crippen molar-refractivity contribution in [3.8, 4) is 5.95 Å². The second-order valence-electron chi connectivity index (χ2n) is 9.29. The number of aryl methyl sites for hydroxylation is 1. The number of hydrogen-bond acceptors (Lipinski definition) is 7. The number of benzene rings is 1. The zero-order valence-corrected chi connectivity index (χ0v) is 20.0. The Balaban J connectivity index is 1.83. The first-order valence-electron chi connectivity index (χ1n) is 11.3. The van der Waals surface area contributed by atoms with Gasteiger partial charge in [0.25, 0.3) is 5.95 Å². The Morgan fingerprint density at radius 1 is 1.15 bits per heavy atom. The van der Waals surface area contributed by atoms with Gasteiger partial charge in [-0.3, -0.25) is 0 Å². The molecule has 5 atom stereocenters. The van der Waals surface area contributed by atoms with E-state index in [4.69, 9.17) is 23.4 Å². The van der Waals surface area contributed by atoms with E-state index in [1.54, 1.807) is 12.1 Å². The number of carbonyl (C=O) groups is 1. The first-order chi connectivity index (χ1) is 15.6. The van der Waals surface area contributed by atoms with Gasteiger partial charge in [-0.05, 0) is 45.7 Å². The van der Waals surface area contributed by atoms with Crippen molar-refractivity contribution < 1.29 is 33.3 Å². The maximum absolute atomic E-state index is 13.3. The molecule has 1 aromatic carbocycles. The molecule has 2 aromatic rings. The molecule has 0 spiro atoms. The molecule has 2 aliphatic rings. The monoisotopic (exact) mass is 456 g/mol. The Hall–Kier alpha value is -2.61. The number of esters is 1. The number of fused-ring (bicyclic) bond motifs is 4. The molecule has 0 radical (unpaired) electrons. The first-order valence-corrected chi connectivity index (χ1v) is 11.3. The second kappa shape index (κ2) is 8.97. The predicted octanol–water partition coefficient (Wildman–Crippen LogP) is 4.79. The van der Waals surface area contributed by atoms with E-state index < -0.39 is 30.1 Å². The number of rotatable bonds is 1. The number of aliphatic hydroxyl groups is 1. The molecule has 4 rings (SSSR count). The smallest absolute Gasteiger partial charge is 0.339 e. The number of cyclic esters (lactones) is 1. The van der Waals surface area contributed by atoms with E-state index in [2.05, 4.69) is 0 Å². The van der Waals surface area contributed by atoms with Crippen LogP contribution in [0.1, 0.15) is 55.6 Å². The van der Waals surface area contributed by atoms with Crippen LogP contribution in [0, 0.1) is 12.8 Å². The van der Waals surface area contributed by atoms with Gasteiger partial charge >= 0.3 is 5.97 Å². The van der Waals surface area contributed by atoms with Crippen LogP contribution in [0.4, 0.5) is 0 Å². The quantitative estimate of drug-likeness (QED) is 0.488. The molecule has 7 nitrogen and oxygen atoms in total. The van der Waals surface area contributed by atoms with Gasteiger partial charge in [-0.1, -0.05) is 31.2 Å². The Morgan fingerprint density at radius 3 is 2.64 bits per heavy atom. The van der Waals surface area contributed by atoms with E-state index in [-0.39, 0.29) is 12.0 Å². The summed E-state index contributed by atoms with van der Waals surface area (Å²) < 4.78 is 28.9. The van der Waals surface area contributed by atoms with Gasteiger partial charge in [0.2, 0.25) is 0 Å². The van der Waals surface area contributed by atoms with Crippen LogP contribution in [0.2, 0.25) is 0 Å². The van der Waals surface area contributed by atoms with Crippen LogP contribution in [0.25, 0.3) is 17.0 Å². The zero-order valence-electron chi connectivity index (χ0n) is 20.0. The Bertz CT molecular complexity index is 1090. The van der Waals surface area contributed by atoms with Crippen molar-refractivity contribution >= 4 is 23.0 Å². The zero-order chi connectivity index (χ0) is 23.9. The molecular weight excluding hydrogens is 424 g/mol. The van der Waals surface area contributed by atoms with Crippen LogP contribution in [0.3, 0.4) is 0 Å². The fraction of sp³-hybridized carbons (Fsp3) is 0.500. The molecule has 0 amide bonds. The highest BCUT2D eigenvalue weighted by atomic mass is 16.8. The largest absolute Gasteiger partial charge is 0.468 e. The van der Waals surface area contributed by atoms with Crippen LogP contribution in [0.5, 0.6) is 5.95 Å². The van der Waals surface area contributed by atoms with Gasteiger partial charge in [0.1, 0.15) is 23.9 Å². The van der Waals surface area contributed by atoms with Gasteiger partial charge in [0.05, 0.1) is 18.8 Å². The third-order valence-electron chi connectivity index (χ3n) is 6.30. The summed E-state index contributed by atoms with van der Waals surface area (Å²) in [6.07, 6.45) is 5.75. The van der Waals surface area contributed by atoms with Crippen molar-refractivity contribution in [2.75, 3.05) is 7.11 Å². The SMILES string of the molecule is COc1cc2c3c(c(C)cc2o1)C(=O)O[C@@H](C)[C@H](C)/C=C\C(O)[C@H]1OC(C)(C)O[C@H]1CC=C3. The molecule has 0 aliphatic carbocycles. The molecule has 1 N–H and O–H groups in total. The van der Waals surface area contributed by atoms with Gasteiger partial charge in [0.15, 0.2) is 5.79 Å². The van der Waals surface area contributed by atoms with E-state index in [9.17, 15) is 9.90 Å². The molecule has 1 fully saturated rings. The molecular formula is C26H32O7. The number of furan rings is 1. The van der Waals surface area contributed by atoms with Gasteiger partial charge in [-0.2, -0.15) is 0 Å². The van der Waals surface area contributed by atoms with Gasteiger partial charge in [0, 0.05) is 22.9 Å². The summed E-state index contributed by atoms with van der Waals surface area (Å²) in [5, 5.41) is 11.6. The van der Waals surface area contributed by atoms with Crippen molar-refractivity contribution in [1.29, 1.82) is 0 Å². The van der Waals surface area contributed by atoms with Crippen molar-refractivity contribution in [3.05, 3.63) is 47.1 Å². The lowest BCUT2D eigenvalue weighted by atomic mass is 9.95. The topological polar surface area (TPSA) is 87.4 Å². The minimum atomic E-state index is -0.849. The van der Waals surface area contributed by atoms with Gasteiger partial charge < -0.3 is 28.5 Å². The van der Waals surface area contributed by atoms with Crippen LogP contribution >= 0.6 is 0 Å². The summed E-state index contributed by atoms with van der Waals surface area (Å²) in [5.74, 6) is -0.955. The maximum atomic E-state index is 13.3. The third kappa shape index (κ3) is 4.71. The second-order valence-corrected chi connectivity index (χ2v) is 9.29. The van der Waals surface area contributed by atoms with E-state index >= 15 is 0 Å². The van der Waals surface area contributed by atoms with Crippen molar-refractivity contribution in [2.45, 2.75) is 71.2 Å². The number of carbonyl (C=O) groups excluding carboxylic acids is 1. The van der Waals surface area contributed by atoms with Crippen LogP contribution < -0.4 is 4.74 Å². The highest BCUT2D eigenvalue weighted by Crippen LogP contribution is 2.36. The highest BCUT2D eigenvalue weighted by Gasteiger charge is 2.43. The van der Waals surface area contributed by atoms with Crippen molar-refractivity contribution in [3.63, 3.8) is 0 Å². The summed E-state index contributed by atoms with van der Waals surface area (Å²) in [7, 11) is 1.54. The van der Waals surface area contributed by atoms with E-state index in [0.717, 1.165) is 10.9 Å². The van der Waals surface area contributed by atoms with E-state index in [0.29, 0.717) is 29.1 Å². The first kappa shape index (κ1) is 23.5. The number of aliphatic hydroxyl groups excluding tert-OH is 1.